The molecule has 1 aliphatic carbocycles. The molecule has 26 heavy (non-hydrogen) atoms. The fraction of sp³-hybridized carbons (Fsp3) is 0.476. The van der Waals surface area contributed by atoms with Crippen LogP contribution in [-0.2, 0) is 9.47 Å². The quantitative estimate of drug-likeness (QED) is 0.605. The molecule has 5 rings (SSSR count). The van der Waals surface area contributed by atoms with Crippen LogP contribution in [0.15, 0.2) is 36.5 Å². The number of ether oxygens (including phenoxy) is 2. The Morgan fingerprint density at radius 3 is 2.42 bits per heavy atom. The van der Waals surface area contributed by atoms with E-state index in [1.165, 1.54) is 6.07 Å². The highest BCUT2D eigenvalue weighted by atomic mass is 19.1. The normalized spacial score (nSPS) is 24.2. The Kier molecular flexibility index (Phi) is 3.93. The van der Waals surface area contributed by atoms with Gasteiger partial charge in [0.25, 0.3) is 0 Å². The Morgan fingerprint density at radius 2 is 1.77 bits per heavy atom. The topological polar surface area (TPSA) is 22.3 Å². The summed E-state index contributed by atoms with van der Waals surface area (Å²) < 4.78 is 43.7. The van der Waals surface area contributed by atoms with Crippen molar-refractivity contribution in [1.29, 1.82) is 0 Å². The number of aromatic nitrogens is 1. The van der Waals surface area contributed by atoms with Crippen LogP contribution in [0.3, 0.4) is 0 Å². The van der Waals surface area contributed by atoms with E-state index in [2.05, 4.69) is 18.4 Å². The van der Waals surface area contributed by atoms with Crippen LogP contribution in [0.4, 0.5) is 8.78 Å². The van der Waals surface area contributed by atoms with Crippen LogP contribution >= 0.6 is 0 Å². The van der Waals surface area contributed by atoms with Gasteiger partial charge in [-0.15, -0.1) is 0 Å². The standard InChI is InChI=1S/C21H24F2NO2/c1-5-25-21(26-6-2)18-16-9-7-8-10-24(16)19(20(21,3)4)14-11-13(22)12-15(23)17(14)18/h7-12,18-19H,5-6H2,1-4H3/q+1. The van der Waals surface area contributed by atoms with Gasteiger partial charge in [0, 0.05) is 42.5 Å². The minimum atomic E-state index is -1.02. The van der Waals surface area contributed by atoms with E-state index in [-0.39, 0.29) is 6.04 Å². The molecule has 2 aromatic rings. The molecule has 0 N–H and O–H groups in total. The first-order chi connectivity index (χ1) is 12.4. The van der Waals surface area contributed by atoms with Gasteiger partial charge < -0.3 is 9.47 Å². The molecule has 138 valence electrons. The second-order valence-corrected chi connectivity index (χ2v) is 7.51. The fourth-order valence-electron chi connectivity index (χ4n) is 5.08. The van der Waals surface area contributed by atoms with Crippen molar-refractivity contribution in [2.24, 2.45) is 5.41 Å². The van der Waals surface area contributed by atoms with Gasteiger partial charge in [0.15, 0.2) is 23.7 Å². The number of rotatable bonds is 4. The predicted molar refractivity (Wildman–Crippen MR) is 92.7 cm³/mol. The van der Waals surface area contributed by atoms with Gasteiger partial charge in [0.05, 0.1) is 5.41 Å². The molecule has 5 heteroatoms. The van der Waals surface area contributed by atoms with E-state index in [9.17, 15) is 8.78 Å². The minimum Gasteiger partial charge on any atom is -0.348 e. The average molecular weight is 360 g/mol. The summed E-state index contributed by atoms with van der Waals surface area (Å²) in [4.78, 5) is 0. The van der Waals surface area contributed by atoms with E-state index >= 15 is 0 Å². The third kappa shape index (κ3) is 2.01. The Balaban J connectivity index is 2.11. The maximum Gasteiger partial charge on any atom is 0.197 e. The molecule has 0 amide bonds. The fourth-order valence-corrected chi connectivity index (χ4v) is 5.08. The molecule has 3 heterocycles. The zero-order valence-corrected chi connectivity index (χ0v) is 15.6. The third-order valence-corrected chi connectivity index (χ3v) is 5.89. The lowest BCUT2D eigenvalue weighted by molar-refractivity contribution is -0.755. The summed E-state index contributed by atoms with van der Waals surface area (Å²) >= 11 is 0. The number of halogens is 2. The number of benzene rings is 1. The third-order valence-electron chi connectivity index (χ3n) is 5.89. The SMILES string of the molecule is CCOC1(OCC)C2c3c(F)cc(F)cc3C([n+]3ccccc32)C1(C)C. The first-order valence-corrected chi connectivity index (χ1v) is 9.15. The second-order valence-electron chi connectivity index (χ2n) is 7.51. The summed E-state index contributed by atoms with van der Waals surface area (Å²) in [5.74, 6) is -2.58. The van der Waals surface area contributed by atoms with E-state index in [4.69, 9.17) is 9.47 Å². The van der Waals surface area contributed by atoms with Crippen molar-refractivity contribution in [1.82, 2.24) is 0 Å². The molecule has 0 spiro atoms. The molecule has 2 aliphatic heterocycles. The Bertz CT molecular complexity index is 859. The van der Waals surface area contributed by atoms with Crippen molar-refractivity contribution in [3.63, 3.8) is 0 Å². The lowest BCUT2D eigenvalue weighted by Crippen LogP contribution is -2.72. The highest BCUT2D eigenvalue weighted by Gasteiger charge is 2.71. The summed E-state index contributed by atoms with van der Waals surface area (Å²) in [6.07, 6.45) is 1.97. The van der Waals surface area contributed by atoms with Crippen molar-refractivity contribution in [3.8, 4) is 0 Å². The van der Waals surface area contributed by atoms with Gasteiger partial charge in [-0.3, -0.25) is 0 Å². The highest BCUT2D eigenvalue weighted by Crippen LogP contribution is 2.62. The molecule has 3 nitrogen and oxygen atoms in total. The van der Waals surface area contributed by atoms with Gasteiger partial charge in [0.2, 0.25) is 0 Å². The van der Waals surface area contributed by atoms with Gasteiger partial charge in [-0.1, -0.05) is 6.07 Å². The van der Waals surface area contributed by atoms with Crippen molar-refractivity contribution < 1.29 is 22.8 Å². The first kappa shape index (κ1) is 17.6. The van der Waals surface area contributed by atoms with Gasteiger partial charge in [-0.05, 0) is 33.8 Å². The predicted octanol–water partition coefficient (Wildman–Crippen LogP) is 4.10. The van der Waals surface area contributed by atoms with E-state index < -0.39 is 28.8 Å². The van der Waals surface area contributed by atoms with Gasteiger partial charge in [-0.2, -0.15) is 4.57 Å². The van der Waals surface area contributed by atoms with Crippen LogP contribution in [-0.4, -0.2) is 19.0 Å². The molecule has 2 bridgehead atoms. The van der Waals surface area contributed by atoms with Crippen molar-refractivity contribution in [2.75, 3.05) is 13.2 Å². The maximum atomic E-state index is 15.0. The smallest absolute Gasteiger partial charge is 0.197 e. The second kappa shape index (κ2) is 5.83. The molecule has 1 aromatic carbocycles. The molecular formula is C21H24F2NO2+. The maximum absolute atomic E-state index is 15.0. The number of hydrogen-bond acceptors (Lipinski definition) is 2. The van der Waals surface area contributed by atoms with Crippen LogP contribution in [0.2, 0.25) is 0 Å². The average Bonchev–Trinajstić information content (AvgIpc) is 2.58. The first-order valence-electron chi connectivity index (χ1n) is 9.15. The molecule has 2 atom stereocenters. The van der Waals surface area contributed by atoms with Crippen molar-refractivity contribution >= 4 is 0 Å². The lowest BCUT2D eigenvalue weighted by atomic mass is 9.57. The molecule has 3 aliphatic rings. The summed E-state index contributed by atoms with van der Waals surface area (Å²) in [7, 11) is 0. The van der Waals surface area contributed by atoms with Crippen LogP contribution in [0.25, 0.3) is 0 Å². The Hall–Kier alpha value is -1.85. The van der Waals surface area contributed by atoms with E-state index in [0.717, 1.165) is 11.8 Å². The van der Waals surface area contributed by atoms with Crippen LogP contribution in [0.5, 0.6) is 0 Å². The largest absolute Gasteiger partial charge is 0.348 e. The molecule has 2 unspecified atom stereocenters. The molecule has 0 radical (unpaired) electrons. The monoisotopic (exact) mass is 360 g/mol. The molecular weight excluding hydrogens is 336 g/mol. The van der Waals surface area contributed by atoms with Gasteiger partial charge in [-0.25, -0.2) is 8.78 Å². The number of pyridine rings is 1. The van der Waals surface area contributed by atoms with Gasteiger partial charge >= 0.3 is 0 Å². The van der Waals surface area contributed by atoms with Crippen LogP contribution in [0, 0.1) is 17.0 Å². The van der Waals surface area contributed by atoms with Crippen LogP contribution < -0.4 is 4.57 Å². The number of fused-ring (bicyclic) bond motifs is 1. The molecule has 0 saturated heterocycles. The Morgan fingerprint density at radius 1 is 1.08 bits per heavy atom. The zero-order valence-electron chi connectivity index (χ0n) is 15.6. The summed E-state index contributed by atoms with van der Waals surface area (Å²) in [6, 6.07) is 7.99. The number of hydrogen-bond donors (Lipinski definition) is 0. The van der Waals surface area contributed by atoms with E-state index in [1.54, 1.807) is 0 Å². The van der Waals surface area contributed by atoms with Crippen molar-refractivity contribution in [2.45, 2.75) is 45.4 Å². The minimum absolute atomic E-state index is 0.290. The number of nitrogens with zero attached hydrogens (tertiary/aromatic N) is 1. The highest BCUT2D eigenvalue weighted by molar-refractivity contribution is 5.47. The van der Waals surface area contributed by atoms with E-state index in [0.29, 0.717) is 24.3 Å². The molecule has 1 aromatic heterocycles. The Labute approximate surface area is 152 Å². The van der Waals surface area contributed by atoms with E-state index in [1.807, 2.05) is 38.2 Å². The summed E-state index contributed by atoms with van der Waals surface area (Å²) in [6.45, 7) is 8.84. The van der Waals surface area contributed by atoms with Crippen molar-refractivity contribution in [3.05, 3.63) is 65.0 Å². The van der Waals surface area contributed by atoms with Crippen LogP contribution in [0.1, 0.15) is 56.5 Å². The lowest BCUT2D eigenvalue weighted by Gasteiger charge is -2.57. The summed E-state index contributed by atoms with van der Waals surface area (Å²) in [5, 5.41) is 0. The summed E-state index contributed by atoms with van der Waals surface area (Å²) in [5.41, 5.74) is 1.56. The zero-order chi connectivity index (χ0) is 18.7. The molecule has 0 fully saturated rings. The molecule has 0 saturated carbocycles. The van der Waals surface area contributed by atoms with Gasteiger partial charge in [0.1, 0.15) is 17.6 Å².